The molecule has 0 radical (unpaired) electrons. The summed E-state index contributed by atoms with van der Waals surface area (Å²) in [7, 11) is 0. The molecular formula is C19H18ClN3O. The molecule has 0 amide bonds. The first-order valence-electron chi connectivity index (χ1n) is 8.09. The minimum absolute atomic E-state index is 0.334. The zero-order valence-electron chi connectivity index (χ0n) is 13.2. The predicted molar refractivity (Wildman–Crippen MR) is 93.0 cm³/mol. The molecule has 1 aliphatic rings. The molecule has 0 bridgehead atoms. The van der Waals surface area contributed by atoms with Gasteiger partial charge >= 0.3 is 0 Å². The van der Waals surface area contributed by atoms with Crippen LogP contribution in [0.1, 0.15) is 28.8 Å². The van der Waals surface area contributed by atoms with E-state index in [2.05, 4.69) is 33.2 Å². The fourth-order valence-electron chi connectivity index (χ4n) is 3.03. The van der Waals surface area contributed by atoms with Crippen molar-refractivity contribution in [3.8, 4) is 0 Å². The SMILES string of the molecule is Clc1cccc(CN2CC(c3nc(Cc4ccccc4)no3)C2)c1. The Hall–Kier alpha value is -2.17. The second-order valence-corrected chi connectivity index (χ2v) is 6.67. The lowest BCUT2D eigenvalue weighted by Gasteiger charge is -2.37. The lowest BCUT2D eigenvalue weighted by Crippen LogP contribution is -2.44. The molecule has 5 heteroatoms. The highest BCUT2D eigenvalue weighted by Crippen LogP contribution is 2.27. The van der Waals surface area contributed by atoms with Gasteiger partial charge in [-0.2, -0.15) is 4.98 Å². The monoisotopic (exact) mass is 339 g/mol. The Morgan fingerprint density at radius 1 is 1.04 bits per heavy atom. The number of halogens is 1. The van der Waals surface area contributed by atoms with Gasteiger partial charge in [0.2, 0.25) is 5.89 Å². The van der Waals surface area contributed by atoms with Crippen molar-refractivity contribution in [3.63, 3.8) is 0 Å². The summed E-state index contributed by atoms with van der Waals surface area (Å²) in [5, 5.41) is 4.90. The first-order valence-corrected chi connectivity index (χ1v) is 8.47. The number of benzene rings is 2. The Morgan fingerprint density at radius 2 is 1.83 bits per heavy atom. The molecule has 0 aliphatic carbocycles. The Balaban J connectivity index is 1.32. The first-order chi connectivity index (χ1) is 11.8. The van der Waals surface area contributed by atoms with Gasteiger partial charge in [0.15, 0.2) is 5.82 Å². The van der Waals surface area contributed by atoms with E-state index < -0.39 is 0 Å². The molecule has 24 heavy (non-hydrogen) atoms. The standard InChI is InChI=1S/C19H18ClN3O/c20-17-8-4-7-15(9-17)11-23-12-16(13-23)19-21-18(22-24-19)10-14-5-2-1-3-6-14/h1-9,16H,10-13H2. The van der Waals surface area contributed by atoms with Crippen molar-refractivity contribution in [2.45, 2.75) is 18.9 Å². The van der Waals surface area contributed by atoms with Crippen LogP contribution in [-0.2, 0) is 13.0 Å². The van der Waals surface area contributed by atoms with E-state index in [1.165, 1.54) is 11.1 Å². The summed E-state index contributed by atoms with van der Waals surface area (Å²) >= 11 is 6.03. The zero-order valence-corrected chi connectivity index (χ0v) is 14.0. The maximum absolute atomic E-state index is 6.03. The highest BCUT2D eigenvalue weighted by atomic mass is 35.5. The highest BCUT2D eigenvalue weighted by Gasteiger charge is 2.32. The summed E-state index contributed by atoms with van der Waals surface area (Å²) in [5.41, 5.74) is 2.43. The average molecular weight is 340 g/mol. The summed E-state index contributed by atoms with van der Waals surface area (Å²) in [6, 6.07) is 18.2. The summed E-state index contributed by atoms with van der Waals surface area (Å²) in [4.78, 5) is 6.92. The van der Waals surface area contributed by atoms with Crippen LogP contribution in [0, 0.1) is 0 Å². The summed E-state index contributed by atoms with van der Waals surface area (Å²) in [6.45, 7) is 2.79. The molecule has 0 saturated carbocycles. The molecular weight excluding hydrogens is 322 g/mol. The lowest BCUT2D eigenvalue weighted by atomic mass is 9.99. The van der Waals surface area contributed by atoms with Crippen LogP contribution in [0.25, 0.3) is 0 Å². The van der Waals surface area contributed by atoms with E-state index in [-0.39, 0.29) is 0 Å². The van der Waals surface area contributed by atoms with Crippen LogP contribution in [-0.4, -0.2) is 28.1 Å². The minimum atomic E-state index is 0.334. The fourth-order valence-corrected chi connectivity index (χ4v) is 3.25. The number of likely N-dealkylation sites (tertiary alicyclic amines) is 1. The summed E-state index contributed by atoms with van der Waals surface area (Å²) in [6.07, 6.45) is 0.712. The van der Waals surface area contributed by atoms with Gasteiger partial charge in [0, 0.05) is 31.1 Å². The van der Waals surface area contributed by atoms with E-state index in [4.69, 9.17) is 16.1 Å². The van der Waals surface area contributed by atoms with Crippen LogP contribution in [0.5, 0.6) is 0 Å². The van der Waals surface area contributed by atoms with E-state index in [0.717, 1.165) is 36.4 Å². The number of aromatic nitrogens is 2. The predicted octanol–water partition coefficient (Wildman–Crippen LogP) is 3.91. The molecule has 122 valence electrons. The molecule has 4 rings (SSSR count). The number of hydrogen-bond acceptors (Lipinski definition) is 4. The van der Waals surface area contributed by atoms with Crippen LogP contribution < -0.4 is 0 Å². The number of nitrogens with zero attached hydrogens (tertiary/aromatic N) is 3. The van der Waals surface area contributed by atoms with Gasteiger partial charge in [-0.15, -0.1) is 0 Å². The molecule has 4 nitrogen and oxygen atoms in total. The Kier molecular flexibility index (Phi) is 4.32. The third kappa shape index (κ3) is 3.50. The smallest absolute Gasteiger partial charge is 0.232 e. The molecule has 1 aromatic heterocycles. The normalized spacial score (nSPS) is 15.4. The van der Waals surface area contributed by atoms with Crippen molar-refractivity contribution in [2.75, 3.05) is 13.1 Å². The van der Waals surface area contributed by atoms with Gasteiger partial charge in [0.25, 0.3) is 0 Å². The number of rotatable bonds is 5. The van der Waals surface area contributed by atoms with Gasteiger partial charge in [-0.3, -0.25) is 4.90 Å². The second-order valence-electron chi connectivity index (χ2n) is 6.23. The van der Waals surface area contributed by atoms with E-state index in [1.54, 1.807) is 0 Å². The average Bonchev–Trinajstić information content (AvgIpc) is 2.99. The molecule has 0 unspecified atom stereocenters. The molecule has 2 aromatic carbocycles. The second kappa shape index (κ2) is 6.75. The van der Waals surface area contributed by atoms with E-state index >= 15 is 0 Å². The van der Waals surface area contributed by atoms with Crippen LogP contribution in [0.2, 0.25) is 5.02 Å². The van der Waals surface area contributed by atoms with E-state index in [0.29, 0.717) is 12.3 Å². The molecule has 1 fully saturated rings. The third-order valence-corrected chi connectivity index (χ3v) is 4.53. The van der Waals surface area contributed by atoms with Crippen molar-refractivity contribution in [2.24, 2.45) is 0 Å². The van der Waals surface area contributed by atoms with Crippen molar-refractivity contribution in [1.29, 1.82) is 0 Å². The first kappa shape index (κ1) is 15.4. The maximum atomic E-state index is 6.03. The lowest BCUT2D eigenvalue weighted by molar-refractivity contribution is 0.117. The topological polar surface area (TPSA) is 42.2 Å². The maximum Gasteiger partial charge on any atom is 0.232 e. The van der Waals surface area contributed by atoms with Gasteiger partial charge < -0.3 is 4.52 Å². The van der Waals surface area contributed by atoms with Gasteiger partial charge in [0.1, 0.15) is 0 Å². The highest BCUT2D eigenvalue weighted by molar-refractivity contribution is 6.30. The fraction of sp³-hybridized carbons (Fsp3) is 0.263. The molecule has 1 saturated heterocycles. The van der Waals surface area contributed by atoms with E-state index in [1.807, 2.05) is 36.4 Å². The van der Waals surface area contributed by atoms with Crippen LogP contribution in [0.15, 0.2) is 59.1 Å². The van der Waals surface area contributed by atoms with Crippen molar-refractivity contribution >= 4 is 11.6 Å². The Morgan fingerprint density at radius 3 is 2.62 bits per heavy atom. The molecule has 0 N–H and O–H groups in total. The third-order valence-electron chi connectivity index (χ3n) is 4.29. The Bertz CT molecular complexity index is 812. The largest absolute Gasteiger partial charge is 0.339 e. The molecule has 1 aliphatic heterocycles. The van der Waals surface area contributed by atoms with Crippen LogP contribution >= 0.6 is 11.6 Å². The molecule has 2 heterocycles. The van der Waals surface area contributed by atoms with Crippen molar-refractivity contribution in [1.82, 2.24) is 15.0 Å². The summed E-state index contributed by atoms with van der Waals surface area (Å²) < 4.78 is 5.45. The molecule has 0 atom stereocenters. The van der Waals surface area contributed by atoms with E-state index in [9.17, 15) is 0 Å². The van der Waals surface area contributed by atoms with Gasteiger partial charge in [0.05, 0.1) is 5.92 Å². The van der Waals surface area contributed by atoms with Gasteiger partial charge in [-0.1, -0.05) is 59.2 Å². The van der Waals surface area contributed by atoms with Crippen molar-refractivity contribution < 1.29 is 4.52 Å². The van der Waals surface area contributed by atoms with Crippen molar-refractivity contribution in [3.05, 3.63) is 82.5 Å². The number of hydrogen-bond donors (Lipinski definition) is 0. The van der Waals surface area contributed by atoms with Gasteiger partial charge in [-0.05, 0) is 23.3 Å². The quantitative estimate of drug-likeness (QED) is 0.706. The summed E-state index contributed by atoms with van der Waals surface area (Å²) in [5.74, 6) is 1.84. The molecule has 3 aromatic rings. The van der Waals surface area contributed by atoms with Gasteiger partial charge in [-0.25, -0.2) is 0 Å². The zero-order chi connectivity index (χ0) is 16.4. The van der Waals surface area contributed by atoms with Crippen LogP contribution in [0.3, 0.4) is 0 Å². The Labute approximate surface area is 146 Å². The molecule has 0 spiro atoms. The van der Waals surface area contributed by atoms with Crippen LogP contribution in [0.4, 0.5) is 0 Å². The minimum Gasteiger partial charge on any atom is -0.339 e.